The van der Waals surface area contributed by atoms with Crippen molar-refractivity contribution in [1.82, 2.24) is 15.3 Å². The van der Waals surface area contributed by atoms with Crippen LogP contribution in [0.15, 0.2) is 12.3 Å². The maximum Gasteiger partial charge on any atom is 0.227 e. The first-order valence-corrected chi connectivity index (χ1v) is 10.6. The molecule has 0 aromatic carbocycles. The van der Waals surface area contributed by atoms with Gasteiger partial charge in [-0.3, -0.25) is 0 Å². The van der Waals surface area contributed by atoms with E-state index in [1.807, 2.05) is 6.07 Å². The number of piperazine rings is 1. The van der Waals surface area contributed by atoms with Crippen LogP contribution in [0.4, 0.5) is 11.8 Å². The fourth-order valence-electron chi connectivity index (χ4n) is 4.01. The molecule has 4 rings (SSSR count). The van der Waals surface area contributed by atoms with E-state index >= 15 is 0 Å². The second-order valence-electron chi connectivity index (χ2n) is 7.28. The zero-order chi connectivity index (χ0) is 16.7. The third kappa shape index (κ3) is 3.09. The van der Waals surface area contributed by atoms with Crippen LogP contribution in [0.3, 0.4) is 0 Å². The van der Waals surface area contributed by atoms with Gasteiger partial charge in [0.25, 0.3) is 0 Å². The van der Waals surface area contributed by atoms with E-state index in [1.54, 1.807) is 6.20 Å². The van der Waals surface area contributed by atoms with Crippen molar-refractivity contribution in [2.75, 3.05) is 47.5 Å². The molecule has 0 bridgehead atoms. The molecule has 4 heterocycles. The Hall–Kier alpha value is -1.41. The Labute approximate surface area is 143 Å². The van der Waals surface area contributed by atoms with Crippen LogP contribution in [0, 0.1) is 5.92 Å². The molecule has 7 nitrogen and oxygen atoms in total. The average molecular weight is 351 g/mol. The molecule has 1 aromatic rings. The van der Waals surface area contributed by atoms with Crippen molar-refractivity contribution in [3.63, 3.8) is 0 Å². The Morgan fingerprint density at radius 2 is 2.00 bits per heavy atom. The van der Waals surface area contributed by atoms with Crippen LogP contribution < -0.4 is 15.1 Å². The zero-order valence-electron chi connectivity index (χ0n) is 14.1. The molecular weight excluding hydrogens is 326 g/mol. The number of sulfone groups is 1. The van der Waals surface area contributed by atoms with E-state index in [0.717, 1.165) is 43.9 Å². The number of hydrogen-bond acceptors (Lipinski definition) is 7. The summed E-state index contributed by atoms with van der Waals surface area (Å²) in [4.78, 5) is 13.6. The summed E-state index contributed by atoms with van der Waals surface area (Å²) in [6, 6.07) is 1.90. The maximum absolute atomic E-state index is 12.0. The van der Waals surface area contributed by atoms with E-state index in [1.165, 1.54) is 12.8 Å². The molecule has 3 fully saturated rings. The number of hydrogen-bond donors (Lipinski definition) is 1. The molecular formula is C16H25N5O2S. The molecule has 0 unspecified atom stereocenters. The van der Waals surface area contributed by atoms with Gasteiger partial charge in [0, 0.05) is 38.4 Å². The standard InChI is InChI=1S/C16H25N5O2S/c1-12-3-7-20(8-4-12)16-18-5-2-15(19-16)21-9-6-17-13-10-24(22,23)11-14(13)21/h2,5,12-14,17H,3-4,6-11H2,1H3/t13-,14+/m1/s1. The molecule has 1 aromatic heterocycles. The summed E-state index contributed by atoms with van der Waals surface area (Å²) < 4.78 is 24.0. The largest absolute Gasteiger partial charge is 0.350 e. The minimum Gasteiger partial charge on any atom is -0.350 e. The smallest absolute Gasteiger partial charge is 0.227 e. The third-order valence-electron chi connectivity index (χ3n) is 5.47. The van der Waals surface area contributed by atoms with Crippen LogP contribution in [0.2, 0.25) is 0 Å². The summed E-state index contributed by atoms with van der Waals surface area (Å²) in [7, 11) is -2.96. The van der Waals surface area contributed by atoms with Crippen molar-refractivity contribution in [2.24, 2.45) is 5.92 Å². The lowest BCUT2D eigenvalue weighted by molar-refractivity contribution is 0.421. The van der Waals surface area contributed by atoms with Crippen molar-refractivity contribution in [1.29, 1.82) is 0 Å². The molecule has 0 spiro atoms. The lowest BCUT2D eigenvalue weighted by Gasteiger charge is -2.38. The normalized spacial score (nSPS) is 30.4. The molecule has 3 aliphatic rings. The van der Waals surface area contributed by atoms with Crippen LogP contribution in [-0.2, 0) is 9.84 Å². The summed E-state index contributed by atoms with van der Waals surface area (Å²) in [6.45, 7) is 5.84. The second-order valence-corrected chi connectivity index (χ2v) is 9.44. The van der Waals surface area contributed by atoms with E-state index < -0.39 is 9.84 Å². The zero-order valence-corrected chi connectivity index (χ0v) is 14.9. The number of aromatic nitrogens is 2. The molecule has 0 amide bonds. The van der Waals surface area contributed by atoms with Gasteiger partial charge in [0.2, 0.25) is 5.95 Å². The van der Waals surface area contributed by atoms with E-state index in [2.05, 4.69) is 27.0 Å². The lowest BCUT2D eigenvalue weighted by atomic mass is 10.00. The first kappa shape index (κ1) is 16.1. The summed E-state index contributed by atoms with van der Waals surface area (Å²) in [5.41, 5.74) is 0. The van der Waals surface area contributed by atoms with Gasteiger partial charge in [-0.05, 0) is 24.8 Å². The minimum atomic E-state index is -2.96. The lowest BCUT2D eigenvalue weighted by Crippen LogP contribution is -2.57. The van der Waals surface area contributed by atoms with Gasteiger partial charge in [-0.25, -0.2) is 13.4 Å². The third-order valence-corrected chi connectivity index (χ3v) is 7.19. The van der Waals surface area contributed by atoms with Crippen LogP contribution in [0.1, 0.15) is 19.8 Å². The maximum atomic E-state index is 12.0. The predicted molar refractivity (Wildman–Crippen MR) is 94.2 cm³/mol. The van der Waals surface area contributed by atoms with Crippen LogP contribution >= 0.6 is 0 Å². The predicted octanol–water partition coefficient (Wildman–Crippen LogP) is 0.288. The van der Waals surface area contributed by atoms with Gasteiger partial charge < -0.3 is 15.1 Å². The van der Waals surface area contributed by atoms with Gasteiger partial charge >= 0.3 is 0 Å². The van der Waals surface area contributed by atoms with Crippen LogP contribution in [0.25, 0.3) is 0 Å². The van der Waals surface area contributed by atoms with Gasteiger partial charge in [-0.2, -0.15) is 4.98 Å². The average Bonchev–Trinajstić information content (AvgIpc) is 2.89. The number of rotatable bonds is 2. The summed E-state index contributed by atoms with van der Waals surface area (Å²) >= 11 is 0. The fourth-order valence-corrected chi connectivity index (χ4v) is 5.97. The molecule has 132 valence electrons. The molecule has 3 aliphatic heterocycles. The number of nitrogens with one attached hydrogen (secondary N) is 1. The van der Waals surface area contributed by atoms with Crippen molar-refractivity contribution in [3.05, 3.63) is 12.3 Å². The SMILES string of the molecule is CC1CCN(c2nccc(N3CCN[C@@H]4CS(=O)(=O)C[C@@H]43)n2)CC1. The Morgan fingerprint density at radius 3 is 2.79 bits per heavy atom. The highest BCUT2D eigenvalue weighted by atomic mass is 32.2. The number of anilines is 2. The van der Waals surface area contributed by atoms with Crippen molar-refractivity contribution in [3.8, 4) is 0 Å². The molecule has 24 heavy (non-hydrogen) atoms. The van der Waals surface area contributed by atoms with Crippen molar-refractivity contribution in [2.45, 2.75) is 31.8 Å². The molecule has 2 atom stereocenters. The Morgan fingerprint density at radius 1 is 1.21 bits per heavy atom. The van der Waals surface area contributed by atoms with Gasteiger partial charge in [0.15, 0.2) is 9.84 Å². The minimum absolute atomic E-state index is 0.0120. The molecule has 1 N–H and O–H groups in total. The van der Waals surface area contributed by atoms with E-state index in [9.17, 15) is 8.42 Å². The van der Waals surface area contributed by atoms with E-state index in [0.29, 0.717) is 0 Å². The highest BCUT2D eigenvalue weighted by Crippen LogP contribution is 2.27. The van der Waals surface area contributed by atoms with Gasteiger partial charge in [-0.1, -0.05) is 6.92 Å². The highest BCUT2D eigenvalue weighted by molar-refractivity contribution is 7.91. The number of nitrogens with zero attached hydrogens (tertiary/aromatic N) is 4. The number of fused-ring (bicyclic) bond motifs is 1. The number of piperidine rings is 1. The van der Waals surface area contributed by atoms with Gasteiger partial charge in [0.1, 0.15) is 5.82 Å². The van der Waals surface area contributed by atoms with Crippen LogP contribution in [0.5, 0.6) is 0 Å². The highest BCUT2D eigenvalue weighted by Gasteiger charge is 2.43. The Kier molecular flexibility index (Phi) is 4.12. The molecule has 0 aliphatic carbocycles. The van der Waals surface area contributed by atoms with E-state index in [4.69, 9.17) is 4.98 Å². The Bertz CT molecular complexity index is 702. The first-order valence-electron chi connectivity index (χ1n) is 8.80. The summed E-state index contributed by atoms with van der Waals surface area (Å²) in [6.07, 6.45) is 4.14. The quantitative estimate of drug-likeness (QED) is 0.820. The van der Waals surface area contributed by atoms with Crippen molar-refractivity contribution < 1.29 is 8.42 Å². The van der Waals surface area contributed by atoms with Gasteiger partial charge in [0.05, 0.1) is 17.5 Å². The summed E-state index contributed by atoms with van der Waals surface area (Å²) in [5.74, 6) is 2.84. The monoisotopic (exact) mass is 351 g/mol. The summed E-state index contributed by atoms with van der Waals surface area (Å²) in [5, 5.41) is 3.34. The Balaban J connectivity index is 1.57. The second kappa shape index (κ2) is 6.15. The fraction of sp³-hybridized carbons (Fsp3) is 0.750. The topological polar surface area (TPSA) is 78.4 Å². The molecule has 8 heteroatoms. The molecule has 0 radical (unpaired) electrons. The van der Waals surface area contributed by atoms with Crippen LogP contribution in [-0.4, -0.2) is 68.2 Å². The molecule has 0 saturated carbocycles. The van der Waals surface area contributed by atoms with Crippen molar-refractivity contribution >= 4 is 21.6 Å². The molecule has 3 saturated heterocycles. The van der Waals surface area contributed by atoms with E-state index in [-0.39, 0.29) is 23.6 Å². The van der Waals surface area contributed by atoms with Gasteiger partial charge in [-0.15, -0.1) is 0 Å². The first-order chi connectivity index (χ1) is 11.5.